The number of nitrogens with one attached hydrogen (secondary N) is 1. The summed E-state index contributed by atoms with van der Waals surface area (Å²) in [6.07, 6.45) is 10.2. The van der Waals surface area contributed by atoms with E-state index in [-0.39, 0.29) is 21.8 Å². The Hall–Kier alpha value is -3.20. The Bertz CT molecular complexity index is 1600. The molecule has 3 aromatic heterocycles. The number of rotatable bonds is 5. The van der Waals surface area contributed by atoms with Gasteiger partial charge in [0.05, 0.1) is 10.3 Å². The molecule has 34 heavy (non-hydrogen) atoms. The molecule has 0 saturated heterocycles. The van der Waals surface area contributed by atoms with E-state index in [9.17, 15) is 13.2 Å². The largest absolute Gasteiger partial charge is 0.355 e. The van der Waals surface area contributed by atoms with Gasteiger partial charge < -0.3 is 9.55 Å². The number of sulfone groups is 1. The molecule has 9 heteroatoms. The summed E-state index contributed by atoms with van der Waals surface area (Å²) in [7, 11) is -1.49. The predicted molar refractivity (Wildman–Crippen MR) is 129 cm³/mol. The second kappa shape index (κ2) is 7.15. The highest BCUT2D eigenvalue weighted by Crippen LogP contribution is 2.51. The molecule has 1 aromatic carbocycles. The second-order valence-electron chi connectivity index (χ2n) is 10.1. The zero-order chi connectivity index (χ0) is 23.8. The van der Waals surface area contributed by atoms with Crippen LogP contribution in [0.3, 0.4) is 0 Å². The molecule has 0 unspecified atom stereocenters. The van der Waals surface area contributed by atoms with Gasteiger partial charge in [-0.15, -0.1) is 10.2 Å². The van der Waals surface area contributed by atoms with Crippen molar-refractivity contribution in [2.24, 2.45) is 13.0 Å². The zero-order valence-electron chi connectivity index (χ0n) is 19.4. The summed E-state index contributed by atoms with van der Waals surface area (Å²) in [5, 5.41) is 9.10. The van der Waals surface area contributed by atoms with Gasteiger partial charge in [0.15, 0.2) is 9.84 Å². The molecule has 4 aromatic rings. The molecule has 8 nitrogen and oxygen atoms in total. The number of H-pyrrole nitrogens is 1. The van der Waals surface area contributed by atoms with Gasteiger partial charge in [-0.3, -0.25) is 9.36 Å². The van der Waals surface area contributed by atoms with Crippen LogP contribution in [0.1, 0.15) is 55.5 Å². The third kappa shape index (κ3) is 3.10. The first-order valence-corrected chi connectivity index (χ1v) is 13.5. The quantitative estimate of drug-likeness (QED) is 0.474. The van der Waals surface area contributed by atoms with E-state index in [4.69, 9.17) is 0 Å². The Morgan fingerprint density at radius 2 is 1.97 bits per heavy atom. The molecule has 0 aliphatic heterocycles. The summed E-state index contributed by atoms with van der Waals surface area (Å²) in [6.45, 7) is 2.24. The number of fused-ring (bicyclic) bond motifs is 1. The van der Waals surface area contributed by atoms with E-state index in [1.807, 2.05) is 29.9 Å². The standard InChI is InChI=1S/C25H27N5O3S/c1-15-10-25(11-15,24-28-27-14-29(24)2)17-5-4-6-18(9-17)30-13-19(16-7-8-16)21-20(34(3,32)33)12-26-22(21)23(30)31/h4-6,9,12-16,26H,7-8,10-11H2,1-3H3. The molecule has 0 spiro atoms. The highest BCUT2D eigenvalue weighted by atomic mass is 32.2. The van der Waals surface area contributed by atoms with Gasteiger partial charge in [-0.05, 0) is 60.8 Å². The fourth-order valence-corrected chi connectivity index (χ4v) is 6.64. The first kappa shape index (κ1) is 21.3. The fraction of sp³-hybridized carbons (Fsp3) is 0.400. The lowest BCUT2D eigenvalue weighted by Crippen LogP contribution is -2.43. The van der Waals surface area contributed by atoms with Crippen molar-refractivity contribution in [1.29, 1.82) is 0 Å². The van der Waals surface area contributed by atoms with Gasteiger partial charge in [0.1, 0.15) is 17.7 Å². The van der Waals surface area contributed by atoms with Crippen LogP contribution in [-0.4, -0.2) is 39.0 Å². The molecule has 2 saturated carbocycles. The normalized spacial score (nSPS) is 22.7. The summed E-state index contributed by atoms with van der Waals surface area (Å²) in [5.74, 6) is 1.78. The average Bonchev–Trinajstić information content (AvgIpc) is 3.35. The number of aromatic amines is 1. The molecule has 0 amide bonds. The van der Waals surface area contributed by atoms with Crippen LogP contribution in [0.5, 0.6) is 0 Å². The first-order chi connectivity index (χ1) is 16.2. The summed E-state index contributed by atoms with van der Waals surface area (Å²) < 4.78 is 28.4. The monoisotopic (exact) mass is 477 g/mol. The van der Waals surface area contributed by atoms with Crippen LogP contribution < -0.4 is 5.56 Å². The summed E-state index contributed by atoms with van der Waals surface area (Å²) in [5.41, 5.74) is 2.66. The molecule has 2 fully saturated rings. The lowest BCUT2D eigenvalue weighted by Gasteiger charge is -2.46. The third-order valence-corrected chi connectivity index (χ3v) is 8.58. The number of nitrogens with zero attached hydrogens (tertiary/aromatic N) is 4. The highest BCUT2D eigenvalue weighted by Gasteiger charge is 2.48. The Balaban J connectivity index is 1.55. The lowest BCUT2D eigenvalue weighted by atomic mass is 9.58. The van der Waals surface area contributed by atoms with Crippen LogP contribution in [0.25, 0.3) is 16.6 Å². The van der Waals surface area contributed by atoms with Crippen LogP contribution in [0.2, 0.25) is 0 Å². The SMILES string of the molecule is CC1CC(c2cccc(-n3cc(C4CC4)c4c(S(C)(=O)=O)c[nH]c4c3=O)c2)(c2nncn2C)C1. The van der Waals surface area contributed by atoms with E-state index >= 15 is 0 Å². The molecule has 1 N–H and O–H groups in total. The van der Waals surface area contributed by atoms with Crippen molar-refractivity contribution < 1.29 is 8.42 Å². The number of aromatic nitrogens is 5. The van der Waals surface area contributed by atoms with Crippen molar-refractivity contribution in [3.8, 4) is 5.69 Å². The van der Waals surface area contributed by atoms with Crippen molar-refractivity contribution in [2.75, 3.05) is 6.26 Å². The van der Waals surface area contributed by atoms with Crippen LogP contribution in [0.15, 0.2) is 52.7 Å². The van der Waals surface area contributed by atoms with Gasteiger partial charge in [-0.25, -0.2) is 8.42 Å². The van der Waals surface area contributed by atoms with E-state index in [1.54, 1.807) is 10.9 Å². The van der Waals surface area contributed by atoms with Gasteiger partial charge in [0, 0.05) is 36.8 Å². The van der Waals surface area contributed by atoms with E-state index in [2.05, 4.69) is 34.2 Å². The highest BCUT2D eigenvalue weighted by molar-refractivity contribution is 7.91. The predicted octanol–water partition coefficient (Wildman–Crippen LogP) is 3.44. The molecule has 0 radical (unpaired) electrons. The van der Waals surface area contributed by atoms with Gasteiger partial charge in [-0.2, -0.15) is 0 Å². The Labute approximate surface area is 197 Å². The lowest BCUT2D eigenvalue weighted by molar-refractivity contribution is 0.185. The minimum atomic E-state index is -3.46. The first-order valence-electron chi connectivity index (χ1n) is 11.6. The number of hydrogen-bond acceptors (Lipinski definition) is 5. The maximum atomic E-state index is 13.6. The molecule has 6 rings (SSSR count). The summed E-state index contributed by atoms with van der Waals surface area (Å²) in [6, 6.07) is 8.09. The van der Waals surface area contributed by atoms with Crippen molar-refractivity contribution in [3.63, 3.8) is 0 Å². The van der Waals surface area contributed by atoms with Gasteiger partial charge >= 0.3 is 0 Å². The molecule has 176 valence electrons. The summed E-state index contributed by atoms with van der Waals surface area (Å²) >= 11 is 0. The summed E-state index contributed by atoms with van der Waals surface area (Å²) in [4.78, 5) is 16.7. The number of hydrogen-bond donors (Lipinski definition) is 1. The van der Waals surface area contributed by atoms with Crippen LogP contribution in [0, 0.1) is 5.92 Å². The molecular weight excluding hydrogens is 450 g/mol. The molecular formula is C25H27N5O3S. The second-order valence-corrected chi connectivity index (χ2v) is 12.1. The Morgan fingerprint density at radius 1 is 1.21 bits per heavy atom. The average molecular weight is 478 g/mol. The Morgan fingerprint density at radius 3 is 2.59 bits per heavy atom. The van der Waals surface area contributed by atoms with Crippen LogP contribution in [-0.2, 0) is 22.3 Å². The van der Waals surface area contributed by atoms with Crippen molar-refractivity contribution in [1.82, 2.24) is 24.3 Å². The van der Waals surface area contributed by atoms with E-state index in [1.165, 1.54) is 12.5 Å². The van der Waals surface area contributed by atoms with E-state index < -0.39 is 9.84 Å². The molecule has 0 bridgehead atoms. The molecule has 0 atom stereocenters. The van der Waals surface area contributed by atoms with Gasteiger partial charge in [0.2, 0.25) is 0 Å². The molecule has 2 aliphatic carbocycles. The number of pyridine rings is 1. The number of aryl methyl sites for hydroxylation is 1. The fourth-order valence-electron chi connectivity index (χ4n) is 5.78. The minimum Gasteiger partial charge on any atom is -0.355 e. The minimum absolute atomic E-state index is 0.201. The Kier molecular flexibility index (Phi) is 4.49. The topological polar surface area (TPSA) is 103 Å². The van der Waals surface area contributed by atoms with E-state index in [0.29, 0.717) is 16.8 Å². The van der Waals surface area contributed by atoms with Gasteiger partial charge in [-0.1, -0.05) is 19.1 Å². The maximum Gasteiger partial charge on any atom is 0.279 e. The third-order valence-electron chi connectivity index (χ3n) is 7.46. The molecule has 2 aliphatic rings. The van der Waals surface area contributed by atoms with Gasteiger partial charge in [0.25, 0.3) is 5.56 Å². The van der Waals surface area contributed by atoms with E-state index in [0.717, 1.165) is 48.3 Å². The zero-order valence-corrected chi connectivity index (χ0v) is 20.3. The van der Waals surface area contributed by atoms with Crippen molar-refractivity contribution in [2.45, 2.75) is 48.8 Å². The van der Waals surface area contributed by atoms with Crippen LogP contribution in [0.4, 0.5) is 0 Å². The smallest absolute Gasteiger partial charge is 0.279 e. The van der Waals surface area contributed by atoms with Crippen molar-refractivity contribution in [3.05, 3.63) is 70.3 Å². The van der Waals surface area contributed by atoms with Crippen molar-refractivity contribution >= 4 is 20.7 Å². The van der Waals surface area contributed by atoms with Crippen LogP contribution >= 0.6 is 0 Å². The molecule has 3 heterocycles. The number of benzene rings is 1. The maximum absolute atomic E-state index is 13.6.